The minimum absolute atomic E-state index is 0.117. The molecule has 0 spiro atoms. The van der Waals surface area contributed by atoms with E-state index >= 15 is 0 Å². The number of hydrogen-bond acceptors (Lipinski definition) is 2. The molecular weight excluding hydrogens is 344 g/mol. The van der Waals surface area contributed by atoms with Crippen molar-refractivity contribution < 1.29 is 9.84 Å². The number of halogens is 1. The van der Waals surface area contributed by atoms with Crippen LogP contribution in [-0.4, -0.2) is 17.8 Å². The maximum Gasteiger partial charge on any atom is 0.121 e. The maximum absolute atomic E-state index is 11.0. The molecule has 1 unspecified atom stereocenters. The summed E-state index contributed by atoms with van der Waals surface area (Å²) in [7, 11) is 0. The minimum Gasteiger partial charge on any atom is -0.383 e. The smallest absolute Gasteiger partial charge is 0.121 e. The van der Waals surface area contributed by atoms with Crippen LogP contribution in [0.4, 0.5) is 0 Å². The van der Waals surface area contributed by atoms with Gasteiger partial charge in [0.25, 0.3) is 0 Å². The van der Waals surface area contributed by atoms with Gasteiger partial charge in [0.15, 0.2) is 0 Å². The molecule has 26 heavy (non-hydrogen) atoms. The average molecular weight is 383 g/mol. The predicted molar refractivity (Wildman–Crippen MR) is 113 cm³/mol. The van der Waals surface area contributed by atoms with Gasteiger partial charge in [-0.15, -0.1) is 0 Å². The van der Waals surface area contributed by atoms with Crippen molar-refractivity contribution in [1.82, 2.24) is 0 Å². The molecule has 0 aromatic heterocycles. The molecule has 1 aromatic carbocycles. The Hall–Kier alpha value is -0.570. The maximum atomic E-state index is 11.0. The molecule has 0 fully saturated rings. The first-order valence-corrected chi connectivity index (χ1v) is 11.0. The van der Waals surface area contributed by atoms with E-state index in [9.17, 15) is 5.11 Å². The molecule has 1 atom stereocenters. The Morgan fingerprint density at radius 2 is 1.42 bits per heavy atom. The summed E-state index contributed by atoms with van der Waals surface area (Å²) in [5.74, 6) is 0.847. The molecule has 1 N–H and O–H groups in total. The van der Waals surface area contributed by atoms with Gasteiger partial charge in [0.2, 0.25) is 0 Å². The van der Waals surface area contributed by atoms with Crippen LogP contribution in [0.5, 0.6) is 0 Å². The van der Waals surface area contributed by atoms with E-state index in [0.717, 1.165) is 24.3 Å². The summed E-state index contributed by atoms with van der Waals surface area (Å²) in [4.78, 5) is 0. The third-order valence-corrected chi connectivity index (χ3v) is 5.26. The quantitative estimate of drug-likeness (QED) is 0.245. The SMILES string of the molecule is CC(C)CCCCCCCCCCCC(O)(COCCl)c1ccccc1. The fourth-order valence-corrected chi connectivity index (χ4v) is 3.54. The molecule has 0 radical (unpaired) electrons. The van der Waals surface area contributed by atoms with Crippen LogP contribution in [0.1, 0.15) is 90.0 Å². The standard InChI is InChI=1S/C23H39ClO2/c1-21(2)15-11-8-6-4-3-5-7-9-14-18-23(25,19-26-20-24)22-16-12-10-13-17-22/h10,12-13,16-17,21,25H,3-9,11,14-15,18-20H2,1-2H3. The second kappa shape index (κ2) is 14.5. The average Bonchev–Trinajstić information content (AvgIpc) is 2.65. The predicted octanol–water partition coefficient (Wildman–Crippen LogP) is 7.03. The van der Waals surface area contributed by atoms with Gasteiger partial charge >= 0.3 is 0 Å². The van der Waals surface area contributed by atoms with Gasteiger partial charge in [-0.25, -0.2) is 0 Å². The lowest BCUT2D eigenvalue weighted by Crippen LogP contribution is -2.31. The van der Waals surface area contributed by atoms with Gasteiger partial charge < -0.3 is 9.84 Å². The van der Waals surface area contributed by atoms with Crippen molar-refractivity contribution in [3.05, 3.63) is 35.9 Å². The van der Waals surface area contributed by atoms with Gasteiger partial charge in [-0.1, -0.05) is 120 Å². The van der Waals surface area contributed by atoms with Crippen LogP contribution in [0, 0.1) is 5.92 Å². The zero-order chi connectivity index (χ0) is 19.1. The third kappa shape index (κ3) is 10.5. The van der Waals surface area contributed by atoms with E-state index < -0.39 is 5.60 Å². The van der Waals surface area contributed by atoms with Crippen molar-refractivity contribution in [3.63, 3.8) is 0 Å². The van der Waals surface area contributed by atoms with Crippen molar-refractivity contribution in [2.75, 3.05) is 12.7 Å². The van der Waals surface area contributed by atoms with Gasteiger partial charge in [0.1, 0.15) is 11.7 Å². The molecule has 1 aromatic rings. The highest BCUT2D eigenvalue weighted by molar-refractivity contribution is 6.17. The summed E-state index contributed by atoms with van der Waals surface area (Å²) in [6, 6.07) is 9.94. The molecule has 0 heterocycles. The van der Waals surface area contributed by atoms with Gasteiger partial charge in [0.05, 0.1) is 6.61 Å². The molecule has 0 aliphatic carbocycles. The van der Waals surface area contributed by atoms with Crippen LogP contribution in [-0.2, 0) is 10.3 Å². The normalized spacial score (nSPS) is 13.9. The summed E-state index contributed by atoms with van der Waals surface area (Å²) in [5, 5.41) is 11.0. The van der Waals surface area contributed by atoms with Crippen LogP contribution in [0.3, 0.4) is 0 Å². The lowest BCUT2D eigenvalue weighted by Gasteiger charge is -2.28. The highest BCUT2D eigenvalue weighted by Crippen LogP contribution is 2.28. The van der Waals surface area contributed by atoms with Crippen molar-refractivity contribution in [3.8, 4) is 0 Å². The molecule has 0 saturated carbocycles. The molecule has 2 nitrogen and oxygen atoms in total. The second-order valence-corrected chi connectivity index (χ2v) is 8.19. The van der Waals surface area contributed by atoms with E-state index in [-0.39, 0.29) is 12.7 Å². The van der Waals surface area contributed by atoms with E-state index in [1.54, 1.807) is 0 Å². The highest BCUT2D eigenvalue weighted by atomic mass is 35.5. The number of ether oxygens (including phenoxy) is 1. The van der Waals surface area contributed by atoms with Gasteiger partial charge in [0, 0.05) is 0 Å². The van der Waals surface area contributed by atoms with Gasteiger partial charge in [-0.2, -0.15) is 0 Å². The van der Waals surface area contributed by atoms with Crippen molar-refractivity contribution >= 4 is 11.6 Å². The number of aliphatic hydroxyl groups is 1. The summed E-state index contributed by atoms with van der Waals surface area (Å²) in [5.41, 5.74) is -0.00134. The van der Waals surface area contributed by atoms with E-state index in [4.69, 9.17) is 16.3 Å². The second-order valence-electron chi connectivity index (χ2n) is 7.97. The molecule has 0 amide bonds. The first kappa shape index (κ1) is 23.5. The van der Waals surface area contributed by atoms with Crippen LogP contribution in [0.25, 0.3) is 0 Å². The molecule has 150 valence electrons. The fraction of sp³-hybridized carbons (Fsp3) is 0.739. The fourth-order valence-electron chi connectivity index (χ4n) is 3.46. The summed E-state index contributed by atoms with van der Waals surface area (Å²) in [6.07, 6.45) is 13.7. The van der Waals surface area contributed by atoms with E-state index in [1.807, 2.05) is 30.3 Å². The lowest BCUT2D eigenvalue weighted by atomic mass is 9.89. The van der Waals surface area contributed by atoms with Crippen LogP contribution < -0.4 is 0 Å². The summed E-state index contributed by atoms with van der Waals surface area (Å²) >= 11 is 5.64. The van der Waals surface area contributed by atoms with E-state index in [1.165, 1.54) is 57.8 Å². The first-order valence-electron chi connectivity index (χ1n) is 10.5. The molecule has 1 rings (SSSR count). The van der Waals surface area contributed by atoms with Crippen molar-refractivity contribution in [1.29, 1.82) is 0 Å². The Balaban J connectivity index is 2.14. The third-order valence-electron chi connectivity index (χ3n) is 5.10. The topological polar surface area (TPSA) is 29.5 Å². The van der Waals surface area contributed by atoms with E-state index in [2.05, 4.69) is 13.8 Å². The molecular formula is C23H39ClO2. The van der Waals surface area contributed by atoms with Gasteiger partial charge in [-0.05, 0) is 17.9 Å². The van der Waals surface area contributed by atoms with Crippen molar-refractivity contribution in [2.45, 2.75) is 90.1 Å². The van der Waals surface area contributed by atoms with E-state index in [0.29, 0.717) is 0 Å². The van der Waals surface area contributed by atoms with Crippen LogP contribution in [0.2, 0.25) is 0 Å². The Morgan fingerprint density at radius 1 is 0.885 bits per heavy atom. The van der Waals surface area contributed by atoms with Crippen LogP contribution >= 0.6 is 11.6 Å². The Kier molecular flexibility index (Phi) is 13.1. The number of rotatable bonds is 16. The Labute approximate surface area is 166 Å². The Bertz CT molecular complexity index is 435. The van der Waals surface area contributed by atoms with Gasteiger partial charge in [-0.3, -0.25) is 0 Å². The number of benzene rings is 1. The summed E-state index contributed by atoms with van der Waals surface area (Å²) in [6.45, 7) is 4.87. The Morgan fingerprint density at radius 3 is 1.96 bits per heavy atom. The number of hydrogen-bond donors (Lipinski definition) is 1. The zero-order valence-corrected chi connectivity index (χ0v) is 17.6. The number of alkyl halides is 1. The molecule has 0 bridgehead atoms. The van der Waals surface area contributed by atoms with Crippen LogP contribution in [0.15, 0.2) is 30.3 Å². The molecule has 0 saturated heterocycles. The monoisotopic (exact) mass is 382 g/mol. The first-order chi connectivity index (χ1) is 12.6. The van der Waals surface area contributed by atoms with Crippen molar-refractivity contribution in [2.24, 2.45) is 5.92 Å². The summed E-state index contributed by atoms with van der Waals surface area (Å²) < 4.78 is 5.33. The largest absolute Gasteiger partial charge is 0.383 e. The molecule has 0 aliphatic rings. The minimum atomic E-state index is -0.924. The molecule has 0 aliphatic heterocycles. The zero-order valence-electron chi connectivity index (χ0n) is 16.9. The molecule has 3 heteroatoms. The number of unbranched alkanes of at least 4 members (excludes halogenated alkanes) is 8. The highest BCUT2D eigenvalue weighted by Gasteiger charge is 2.28. The lowest BCUT2D eigenvalue weighted by molar-refractivity contribution is -0.0481.